The first kappa shape index (κ1) is 15.4. The van der Waals surface area contributed by atoms with E-state index in [4.69, 9.17) is 0 Å². The fourth-order valence-electron chi connectivity index (χ4n) is 2.27. The summed E-state index contributed by atoms with van der Waals surface area (Å²) in [6.45, 7) is 1.65. The lowest BCUT2D eigenvalue weighted by Gasteiger charge is -2.14. The lowest BCUT2D eigenvalue weighted by Crippen LogP contribution is -2.33. The van der Waals surface area contributed by atoms with Crippen LogP contribution in [0.1, 0.15) is 13.0 Å². The number of anilines is 1. The van der Waals surface area contributed by atoms with Crippen molar-refractivity contribution in [1.82, 2.24) is 9.78 Å². The monoisotopic (exact) mass is 371 g/mol. The molecule has 5 nitrogen and oxygen atoms in total. The summed E-state index contributed by atoms with van der Waals surface area (Å²) in [6, 6.07) is 13.7. The van der Waals surface area contributed by atoms with E-state index in [1.807, 2.05) is 24.3 Å². The van der Waals surface area contributed by atoms with Gasteiger partial charge < -0.3 is 5.32 Å². The molecule has 0 bridgehead atoms. The first-order valence-corrected chi connectivity index (χ1v) is 7.88. The second-order valence-corrected chi connectivity index (χ2v) is 6.07. The van der Waals surface area contributed by atoms with Crippen molar-refractivity contribution in [2.24, 2.45) is 0 Å². The fourth-order valence-corrected chi connectivity index (χ4v) is 2.54. The van der Waals surface area contributed by atoms with Crippen molar-refractivity contribution in [3.8, 4) is 0 Å². The number of carbonyl (C=O) groups excluding carboxylic acids is 1. The Kier molecular flexibility index (Phi) is 4.25. The highest BCUT2D eigenvalue weighted by Gasteiger charge is 2.18. The molecular formula is C17H14BrN3O2. The number of fused-ring (bicyclic) bond motifs is 1. The molecule has 0 spiro atoms. The largest absolute Gasteiger partial charge is 0.324 e. The Labute approximate surface area is 141 Å². The van der Waals surface area contributed by atoms with E-state index in [9.17, 15) is 9.59 Å². The van der Waals surface area contributed by atoms with Gasteiger partial charge in [-0.05, 0) is 37.3 Å². The zero-order valence-electron chi connectivity index (χ0n) is 12.4. The zero-order valence-corrected chi connectivity index (χ0v) is 13.9. The van der Waals surface area contributed by atoms with Crippen LogP contribution in [0.5, 0.6) is 0 Å². The lowest BCUT2D eigenvalue weighted by atomic mass is 10.2. The fraction of sp³-hybridized carbons (Fsp3) is 0.118. The average molecular weight is 372 g/mol. The smallest absolute Gasteiger partial charge is 0.275 e. The van der Waals surface area contributed by atoms with Crippen molar-refractivity contribution in [3.05, 3.63) is 69.6 Å². The molecule has 0 saturated carbocycles. The summed E-state index contributed by atoms with van der Waals surface area (Å²) in [7, 11) is 0. The Bertz CT molecular complexity index is 919. The van der Waals surface area contributed by atoms with Crippen molar-refractivity contribution in [1.29, 1.82) is 0 Å². The summed E-state index contributed by atoms with van der Waals surface area (Å²) >= 11 is 3.34. The normalized spacial score (nSPS) is 12.1. The Morgan fingerprint density at radius 3 is 2.61 bits per heavy atom. The van der Waals surface area contributed by atoms with Crippen LogP contribution in [0.4, 0.5) is 5.69 Å². The molecule has 0 aliphatic heterocycles. The topological polar surface area (TPSA) is 64.0 Å². The summed E-state index contributed by atoms with van der Waals surface area (Å²) in [5, 5.41) is 8.21. The van der Waals surface area contributed by atoms with E-state index < -0.39 is 6.04 Å². The van der Waals surface area contributed by atoms with E-state index in [1.165, 1.54) is 4.68 Å². The Morgan fingerprint density at radius 1 is 1.17 bits per heavy atom. The van der Waals surface area contributed by atoms with Crippen LogP contribution in [-0.4, -0.2) is 15.7 Å². The van der Waals surface area contributed by atoms with Crippen LogP contribution in [0.25, 0.3) is 10.8 Å². The van der Waals surface area contributed by atoms with Gasteiger partial charge in [0.15, 0.2) is 0 Å². The number of aromatic nitrogens is 2. The molecule has 0 saturated heterocycles. The zero-order chi connectivity index (χ0) is 16.4. The van der Waals surface area contributed by atoms with E-state index in [0.717, 1.165) is 9.86 Å². The molecule has 1 heterocycles. The van der Waals surface area contributed by atoms with Crippen molar-refractivity contribution < 1.29 is 4.79 Å². The van der Waals surface area contributed by atoms with E-state index in [-0.39, 0.29) is 11.5 Å². The molecule has 23 heavy (non-hydrogen) atoms. The van der Waals surface area contributed by atoms with Gasteiger partial charge in [-0.25, -0.2) is 4.68 Å². The minimum absolute atomic E-state index is 0.276. The highest BCUT2D eigenvalue weighted by molar-refractivity contribution is 9.10. The first-order valence-electron chi connectivity index (χ1n) is 7.09. The molecule has 1 amide bonds. The second kappa shape index (κ2) is 6.34. The molecule has 0 aliphatic carbocycles. The predicted molar refractivity (Wildman–Crippen MR) is 93.5 cm³/mol. The SMILES string of the molecule is C[C@@H](C(=O)Nc1ccc(Br)cc1)n1ncc2ccccc2c1=O. The van der Waals surface area contributed by atoms with Gasteiger partial charge >= 0.3 is 0 Å². The summed E-state index contributed by atoms with van der Waals surface area (Å²) in [4.78, 5) is 24.8. The number of benzene rings is 2. The summed E-state index contributed by atoms with van der Waals surface area (Å²) < 4.78 is 2.13. The van der Waals surface area contributed by atoms with Crippen LogP contribution >= 0.6 is 15.9 Å². The van der Waals surface area contributed by atoms with Crippen molar-refractivity contribution in [3.63, 3.8) is 0 Å². The van der Waals surface area contributed by atoms with Crippen molar-refractivity contribution >= 4 is 38.3 Å². The number of nitrogens with one attached hydrogen (secondary N) is 1. The molecule has 0 aliphatic rings. The maximum atomic E-state index is 12.5. The van der Waals surface area contributed by atoms with Gasteiger partial charge in [-0.15, -0.1) is 0 Å². The quantitative estimate of drug-likeness (QED) is 0.767. The molecule has 1 N–H and O–H groups in total. The molecule has 3 rings (SSSR count). The number of halogens is 1. The van der Waals surface area contributed by atoms with Crippen molar-refractivity contribution in [2.75, 3.05) is 5.32 Å². The number of hydrogen-bond donors (Lipinski definition) is 1. The highest BCUT2D eigenvalue weighted by atomic mass is 79.9. The third-order valence-electron chi connectivity index (χ3n) is 3.58. The predicted octanol–water partition coefficient (Wildman–Crippen LogP) is 3.36. The molecule has 1 atom stereocenters. The number of hydrogen-bond acceptors (Lipinski definition) is 3. The van der Waals surface area contributed by atoms with Gasteiger partial charge in [0.2, 0.25) is 5.91 Å². The molecule has 2 aromatic carbocycles. The van der Waals surface area contributed by atoms with Gasteiger partial charge in [0.25, 0.3) is 5.56 Å². The van der Waals surface area contributed by atoms with E-state index in [2.05, 4.69) is 26.3 Å². The third kappa shape index (κ3) is 3.17. The van der Waals surface area contributed by atoms with E-state index in [1.54, 1.807) is 37.4 Å². The third-order valence-corrected chi connectivity index (χ3v) is 4.11. The van der Waals surface area contributed by atoms with E-state index >= 15 is 0 Å². The Balaban J connectivity index is 1.89. The lowest BCUT2D eigenvalue weighted by molar-refractivity contribution is -0.119. The Hall–Kier alpha value is -2.47. The number of carbonyl (C=O) groups is 1. The minimum atomic E-state index is -0.712. The molecule has 0 unspecified atom stereocenters. The van der Waals surface area contributed by atoms with Gasteiger partial charge in [0.1, 0.15) is 6.04 Å². The maximum absolute atomic E-state index is 12.5. The van der Waals surface area contributed by atoms with Crippen LogP contribution in [0.3, 0.4) is 0 Å². The number of amides is 1. The summed E-state index contributed by atoms with van der Waals surface area (Å²) in [5.74, 6) is -0.294. The van der Waals surface area contributed by atoms with Crippen LogP contribution in [0.15, 0.2) is 64.0 Å². The average Bonchev–Trinajstić information content (AvgIpc) is 2.57. The van der Waals surface area contributed by atoms with Gasteiger partial charge in [-0.2, -0.15) is 5.10 Å². The van der Waals surface area contributed by atoms with Gasteiger partial charge in [0, 0.05) is 15.5 Å². The van der Waals surface area contributed by atoms with Crippen LogP contribution in [-0.2, 0) is 4.79 Å². The van der Waals surface area contributed by atoms with Gasteiger partial charge in [-0.3, -0.25) is 9.59 Å². The Morgan fingerprint density at radius 2 is 1.87 bits per heavy atom. The standard InChI is InChI=1S/C17H14BrN3O2/c1-11(16(22)20-14-8-6-13(18)7-9-14)21-17(23)15-5-3-2-4-12(15)10-19-21/h2-11H,1H3,(H,20,22)/t11-/m0/s1. The van der Waals surface area contributed by atoms with Crippen LogP contribution in [0, 0.1) is 0 Å². The van der Waals surface area contributed by atoms with Crippen molar-refractivity contribution in [2.45, 2.75) is 13.0 Å². The molecule has 116 valence electrons. The van der Waals surface area contributed by atoms with Gasteiger partial charge in [-0.1, -0.05) is 34.1 Å². The van der Waals surface area contributed by atoms with Gasteiger partial charge in [0.05, 0.1) is 11.6 Å². The molecule has 0 fully saturated rings. The number of nitrogens with zero attached hydrogens (tertiary/aromatic N) is 2. The molecule has 1 aromatic heterocycles. The first-order chi connectivity index (χ1) is 11.1. The number of rotatable bonds is 3. The minimum Gasteiger partial charge on any atom is -0.324 e. The van der Waals surface area contributed by atoms with E-state index in [0.29, 0.717) is 11.1 Å². The summed E-state index contributed by atoms with van der Waals surface area (Å²) in [6.07, 6.45) is 1.60. The molecular weight excluding hydrogens is 358 g/mol. The molecule has 0 radical (unpaired) electrons. The molecule has 6 heteroatoms. The summed E-state index contributed by atoms with van der Waals surface area (Å²) in [5.41, 5.74) is 0.389. The van der Waals surface area contributed by atoms with Crippen LogP contribution < -0.4 is 10.9 Å². The maximum Gasteiger partial charge on any atom is 0.275 e. The highest BCUT2D eigenvalue weighted by Crippen LogP contribution is 2.16. The molecule has 3 aromatic rings. The second-order valence-electron chi connectivity index (χ2n) is 5.15. The van der Waals surface area contributed by atoms with Crippen LogP contribution in [0.2, 0.25) is 0 Å².